The molecule has 1 aromatic heterocycles. The molecule has 5 heteroatoms. The van der Waals surface area contributed by atoms with Crippen LogP contribution in [0.2, 0.25) is 4.34 Å². The number of hydrogen-bond donors (Lipinski definition) is 0. The van der Waals surface area contributed by atoms with Crippen molar-refractivity contribution in [3.63, 3.8) is 0 Å². The molecule has 0 unspecified atom stereocenters. The third-order valence-corrected chi connectivity index (χ3v) is 4.23. The van der Waals surface area contributed by atoms with Gasteiger partial charge in [0.25, 0.3) is 0 Å². The number of ketones is 1. The van der Waals surface area contributed by atoms with Crippen molar-refractivity contribution in [1.29, 1.82) is 0 Å². The molecule has 0 spiro atoms. The van der Waals surface area contributed by atoms with Crippen LogP contribution in [-0.4, -0.2) is 19.9 Å². The van der Waals surface area contributed by atoms with E-state index in [1.54, 1.807) is 31.4 Å². The number of ether oxygens (including phenoxy) is 1. The third kappa shape index (κ3) is 3.14. The van der Waals surface area contributed by atoms with E-state index in [1.165, 1.54) is 0 Å². The maximum Gasteiger partial charge on any atom is 0.165 e. The topological polar surface area (TPSA) is 29.5 Å². The normalized spacial score (nSPS) is 10.4. The standard InChI is InChI=1S/C15H16ClNO2S/c1-10(18)15-12(5-4-6-13(15)19-3)17(2)9-11-7-8-14(16)20-11/h4-8H,9H2,1-3H3. The monoisotopic (exact) mass is 309 g/mol. The van der Waals surface area contributed by atoms with E-state index < -0.39 is 0 Å². The summed E-state index contributed by atoms with van der Waals surface area (Å²) >= 11 is 7.49. The van der Waals surface area contributed by atoms with E-state index in [2.05, 4.69) is 0 Å². The number of hydrogen-bond acceptors (Lipinski definition) is 4. The Morgan fingerprint density at radius 1 is 1.35 bits per heavy atom. The highest BCUT2D eigenvalue weighted by Crippen LogP contribution is 2.31. The first-order valence-corrected chi connectivity index (χ1v) is 7.35. The highest BCUT2D eigenvalue weighted by atomic mass is 35.5. The van der Waals surface area contributed by atoms with E-state index in [1.807, 2.05) is 36.2 Å². The summed E-state index contributed by atoms with van der Waals surface area (Å²) < 4.78 is 6.06. The summed E-state index contributed by atoms with van der Waals surface area (Å²) in [6.45, 7) is 2.25. The van der Waals surface area contributed by atoms with Crippen LogP contribution < -0.4 is 9.64 Å². The van der Waals surface area contributed by atoms with Crippen LogP contribution in [0.5, 0.6) is 5.75 Å². The van der Waals surface area contributed by atoms with Gasteiger partial charge in [-0.1, -0.05) is 17.7 Å². The fourth-order valence-electron chi connectivity index (χ4n) is 2.12. The summed E-state index contributed by atoms with van der Waals surface area (Å²) in [4.78, 5) is 15.1. The van der Waals surface area contributed by atoms with Gasteiger partial charge in [-0.2, -0.15) is 0 Å². The van der Waals surface area contributed by atoms with E-state index >= 15 is 0 Å². The van der Waals surface area contributed by atoms with Gasteiger partial charge in [-0.05, 0) is 31.2 Å². The largest absolute Gasteiger partial charge is 0.496 e. The van der Waals surface area contributed by atoms with Gasteiger partial charge in [0.15, 0.2) is 5.78 Å². The molecule has 3 nitrogen and oxygen atoms in total. The number of halogens is 1. The molecule has 0 radical (unpaired) electrons. The van der Waals surface area contributed by atoms with Gasteiger partial charge in [0.1, 0.15) is 5.75 Å². The van der Waals surface area contributed by atoms with Crippen LogP contribution in [0.25, 0.3) is 0 Å². The van der Waals surface area contributed by atoms with Gasteiger partial charge in [-0.15, -0.1) is 11.3 Å². The summed E-state index contributed by atoms with van der Waals surface area (Å²) in [5, 5.41) is 0. The second kappa shape index (κ2) is 6.29. The van der Waals surface area contributed by atoms with E-state index in [4.69, 9.17) is 16.3 Å². The molecule has 0 atom stereocenters. The quantitative estimate of drug-likeness (QED) is 0.773. The van der Waals surface area contributed by atoms with E-state index in [-0.39, 0.29) is 5.78 Å². The lowest BCUT2D eigenvalue weighted by atomic mass is 10.1. The van der Waals surface area contributed by atoms with Crippen LogP contribution in [0.1, 0.15) is 22.2 Å². The molecule has 1 heterocycles. The Balaban J connectivity index is 2.34. The van der Waals surface area contributed by atoms with Crippen LogP contribution in [0.4, 0.5) is 5.69 Å². The lowest BCUT2D eigenvalue weighted by Gasteiger charge is -2.22. The third-order valence-electron chi connectivity index (χ3n) is 3.01. The minimum atomic E-state index is -0.00601. The van der Waals surface area contributed by atoms with Crippen molar-refractivity contribution < 1.29 is 9.53 Å². The molecule has 20 heavy (non-hydrogen) atoms. The molecule has 0 saturated carbocycles. The minimum absolute atomic E-state index is 0.00601. The fourth-order valence-corrected chi connectivity index (χ4v) is 3.26. The maximum absolute atomic E-state index is 11.9. The maximum atomic E-state index is 11.9. The van der Waals surface area contributed by atoms with Crippen molar-refractivity contribution in [3.05, 3.63) is 45.1 Å². The fraction of sp³-hybridized carbons (Fsp3) is 0.267. The van der Waals surface area contributed by atoms with Crippen LogP contribution >= 0.6 is 22.9 Å². The molecule has 0 aliphatic heterocycles. The van der Waals surface area contributed by atoms with Crippen LogP contribution in [0.15, 0.2) is 30.3 Å². The Morgan fingerprint density at radius 3 is 2.65 bits per heavy atom. The zero-order chi connectivity index (χ0) is 14.7. The number of methoxy groups -OCH3 is 1. The molecule has 0 bridgehead atoms. The first-order valence-electron chi connectivity index (χ1n) is 6.16. The Hall–Kier alpha value is -1.52. The molecule has 1 aromatic carbocycles. The molecule has 0 saturated heterocycles. The summed E-state index contributed by atoms with van der Waals surface area (Å²) in [5.74, 6) is 0.597. The SMILES string of the molecule is COc1cccc(N(C)Cc2ccc(Cl)s2)c1C(C)=O. The van der Waals surface area contributed by atoms with Gasteiger partial charge in [0, 0.05) is 11.9 Å². The molecular formula is C15H16ClNO2S. The molecule has 2 aromatic rings. The van der Waals surface area contributed by atoms with E-state index in [9.17, 15) is 4.79 Å². The lowest BCUT2D eigenvalue weighted by molar-refractivity contribution is 0.101. The molecule has 0 N–H and O–H groups in total. The van der Waals surface area contributed by atoms with Crippen molar-refractivity contribution in [3.8, 4) is 5.75 Å². The molecular weight excluding hydrogens is 294 g/mol. The van der Waals surface area contributed by atoms with Crippen molar-refractivity contribution in [1.82, 2.24) is 0 Å². The zero-order valence-corrected chi connectivity index (χ0v) is 13.2. The van der Waals surface area contributed by atoms with E-state index in [0.29, 0.717) is 17.9 Å². The predicted molar refractivity (Wildman–Crippen MR) is 84.4 cm³/mol. The van der Waals surface area contributed by atoms with Gasteiger partial charge >= 0.3 is 0 Å². The number of anilines is 1. The Labute approximate surface area is 127 Å². The summed E-state index contributed by atoms with van der Waals surface area (Å²) in [7, 11) is 3.53. The Kier molecular flexibility index (Phi) is 4.68. The number of carbonyl (C=O) groups excluding carboxylic acids is 1. The number of benzene rings is 1. The minimum Gasteiger partial charge on any atom is -0.496 e. The number of thiophene rings is 1. The number of Topliss-reactive ketones (excluding diaryl/α,β-unsaturated/α-hetero) is 1. The summed E-state index contributed by atoms with van der Waals surface area (Å²) in [5.41, 5.74) is 1.47. The lowest BCUT2D eigenvalue weighted by Crippen LogP contribution is -2.18. The van der Waals surface area contributed by atoms with Crippen molar-refractivity contribution in [2.45, 2.75) is 13.5 Å². The van der Waals surface area contributed by atoms with Gasteiger partial charge in [-0.25, -0.2) is 0 Å². The first-order chi connectivity index (χ1) is 9.52. The predicted octanol–water partition coefficient (Wildman–Crippen LogP) is 4.25. The van der Waals surface area contributed by atoms with Gasteiger partial charge in [-0.3, -0.25) is 4.79 Å². The molecule has 106 valence electrons. The first kappa shape index (κ1) is 14.9. The molecule has 0 fully saturated rings. The Bertz CT molecular complexity index is 624. The summed E-state index contributed by atoms with van der Waals surface area (Å²) in [6, 6.07) is 9.49. The van der Waals surface area contributed by atoms with Crippen LogP contribution in [0, 0.1) is 0 Å². The average molecular weight is 310 g/mol. The van der Waals surface area contributed by atoms with Gasteiger partial charge in [0.05, 0.1) is 29.2 Å². The van der Waals surface area contributed by atoms with Crippen LogP contribution in [-0.2, 0) is 6.54 Å². The number of carbonyl (C=O) groups is 1. The van der Waals surface area contributed by atoms with Crippen molar-refractivity contribution >= 4 is 34.4 Å². The van der Waals surface area contributed by atoms with Gasteiger partial charge in [0.2, 0.25) is 0 Å². The number of nitrogens with zero attached hydrogens (tertiary/aromatic N) is 1. The van der Waals surface area contributed by atoms with E-state index in [0.717, 1.165) is 14.9 Å². The smallest absolute Gasteiger partial charge is 0.165 e. The molecule has 0 aliphatic carbocycles. The molecule has 0 aliphatic rings. The second-order valence-electron chi connectivity index (χ2n) is 4.47. The average Bonchev–Trinajstić information content (AvgIpc) is 2.82. The highest BCUT2D eigenvalue weighted by molar-refractivity contribution is 7.16. The highest BCUT2D eigenvalue weighted by Gasteiger charge is 2.16. The van der Waals surface area contributed by atoms with Gasteiger partial charge < -0.3 is 9.64 Å². The molecule has 0 amide bonds. The summed E-state index contributed by atoms with van der Waals surface area (Å²) in [6.07, 6.45) is 0. The number of rotatable bonds is 5. The molecule has 2 rings (SSSR count). The van der Waals surface area contributed by atoms with Crippen molar-refractivity contribution in [2.24, 2.45) is 0 Å². The van der Waals surface area contributed by atoms with Crippen LogP contribution in [0.3, 0.4) is 0 Å². The Morgan fingerprint density at radius 2 is 2.10 bits per heavy atom. The van der Waals surface area contributed by atoms with Crippen molar-refractivity contribution in [2.75, 3.05) is 19.1 Å². The zero-order valence-electron chi connectivity index (χ0n) is 11.6. The second-order valence-corrected chi connectivity index (χ2v) is 6.27.